The van der Waals surface area contributed by atoms with Crippen LogP contribution in [0, 0.1) is 5.92 Å². The minimum atomic E-state index is -0.797. The molecule has 0 radical (unpaired) electrons. The Bertz CT molecular complexity index is 558. The van der Waals surface area contributed by atoms with Crippen molar-refractivity contribution < 1.29 is 14.7 Å². The van der Waals surface area contributed by atoms with Gasteiger partial charge in [-0.05, 0) is 30.4 Å². The Morgan fingerprint density at radius 2 is 2.00 bits per heavy atom. The highest BCUT2D eigenvalue weighted by Gasteiger charge is 2.33. The maximum Gasteiger partial charge on any atom is 0.308 e. The van der Waals surface area contributed by atoms with Crippen molar-refractivity contribution in [3.63, 3.8) is 0 Å². The summed E-state index contributed by atoms with van der Waals surface area (Å²) in [5.41, 5.74) is 2.45. The van der Waals surface area contributed by atoms with Crippen LogP contribution in [0.25, 0.3) is 0 Å². The zero-order chi connectivity index (χ0) is 14.8. The first-order valence-electron chi connectivity index (χ1n) is 7.47. The number of benzene rings is 1. The van der Waals surface area contributed by atoms with E-state index in [0.29, 0.717) is 32.5 Å². The fourth-order valence-electron chi connectivity index (χ4n) is 3.23. The highest BCUT2D eigenvalue weighted by atomic mass is 16.4. The quantitative estimate of drug-likeness (QED) is 0.852. The van der Waals surface area contributed by atoms with Gasteiger partial charge in [0.15, 0.2) is 0 Å². The van der Waals surface area contributed by atoms with Gasteiger partial charge in [0.2, 0.25) is 5.91 Å². The van der Waals surface area contributed by atoms with E-state index in [1.807, 2.05) is 12.1 Å². The molecule has 5 nitrogen and oxygen atoms in total. The largest absolute Gasteiger partial charge is 0.481 e. The summed E-state index contributed by atoms with van der Waals surface area (Å²) < 4.78 is 0. The van der Waals surface area contributed by atoms with Crippen molar-refractivity contribution >= 4 is 11.9 Å². The molecular weight excluding hydrogens is 268 g/mol. The first-order valence-corrected chi connectivity index (χ1v) is 7.47. The third-order valence-electron chi connectivity index (χ3n) is 4.46. The molecular formula is C16H20N2O3. The molecule has 2 atom stereocenters. The number of hydrogen-bond acceptors (Lipinski definition) is 3. The van der Waals surface area contributed by atoms with Gasteiger partial charge in [-0.2, -0.15) is 0 Å². The predicted octanol–water partition coefficient (Wildman–Crippen LogP) is 1.02. The van der Waals surface area contributed by atoms with Crippen molar-refractivity contribution in [3.05, 3.63) is 35.4 Å². The maximum absolute atomic E-state index is 12.6. The van der Waals surface area contributed by atoms with E-state index in [2.05, 4.69) is 17.4 Å². The SMILES string of the molecule is O=C(O)[C@@H]1CCCN(C(=O)[C@H]2Cc3ccccc3CN2)C1. The van der Waals surface area contributed by atoms with Crippen LogP contribution in [0.5, 0.6) is 0 Å². The van der Waals surface area contributed by atoms with E-state index in [1.54, 1.807) is 4.90 Å². The van der Waals surface area contributed by atoms with Crippen LogP contribution in [0.15, 0.2) is 24.3 Å². The van der Waals surface area contributed by atoms with Crippen molar-refractivity contribution in [1.82, 2.24) is 10.2 Å². The third-order valence-corrected chi connectivity index (χ3v) is 4.46. The summed E-state index contributed by atoms with van der Waals surface area (Å²) in [6, 6.07) is 7.90. The zero-order valence-corrected chi connectivity index (χ0v) is 11.9. The van der Waals surface area contributed by atoms with E-state index < -0.39 is 11.9 Å². The Morgan fingerprint density at radius 1 is 1.24 bits per heavy atom. The van der Waals surface area contributed by atoms with E-state index in [-0.39, 0.29) is 11.9 Å². The van der Waals surface area contributed by atoms with Crippen molar-refractivity contribution in [2.24, 2.45) is 5.92 Å². The number of carboxylic acids is 1. The number of carboxylic acid groups (broad SMARTS) is 1. The number of amides is 1. The Morgan fingerprint density at radius 3 is 2.76 bits per heavy atom. The lowest BCUT2D eigenvalue weighted by Gasteiger charge is -2.35. The molecule has 0 aliphatic carbocycles. The number of fused-ring (bicyclic) bond motifs is 1. The maximum atomic E-state index is 12.6. The van der Waals surface area contributed by atoms with Gasteiger partial charge in [0.25, 0.3) is 0 Å². The van der Waals surface area contributed by atoms with E-state index in [1.165, 1.54) is 11.1 Å². The number of carbonyl (C=O) groups excluding carboxylic acids is 1. The predicted molar refractivity (Wildman–Crippen MR) is 77.7 cm³/mol. The Balaban J connectivity index is 1.67. The molecule has 1 fully saturated rings. The number of nitrogens with zero attached hydrogens (tertiary/aromatic N) is 1. The molecule has 0 unspecified atom stereocenters. The molecule has 1 aromatic rings. The van der Waals surface area contributed by atoms with Gasteiger partial charge in [-0.15, -0.1) is 0 Å². The first kappa shape index (κ1) is 14.1. The molecule has 5 heteroatoms. The molecule has 0 spiro atoms. The number of carbonyl (C=O) groups is 2. The standard InChI is InChI=1S/C16H20N2O3/c19-15(18-7-3-6-13(10-18)16(20)21)14-8-11-4-1-2-5-12(11)9-17-14/h1-2,4-5,13-14,17H,3,6-10H2,(H,20,21)/t13-,14-/m1/s1. The van der Waals surface area contributed by atoms with Gasteiger partial charge in [-0.25, -0.2) is 0 Å². The Hall–Kier alpha value is -1.88. The second-order valence-corrected chi connectivity index (χ2v) is 5.87. The summed E-state index contributed by atoms with van der Waals surface area (Å²) in [6.07, 6.45) is 2.12. The molecule has 3 rings (SSSR count). The average Bonchev–Trinajstić information content (AvgIpc) is 2.53. The molecule has 112 valence electrons. The van der Waals surface area contributed by atoms with Gasteiger partial charge in [-0.1, -0.05) is 24.3 Å². The van der Waals surface area contributed by atoms with Crippen LogP contribution >= 0.6 is 0 Å². The monoisotopic (exact) mass is 288 g/mol. The lowest BCUT2D eigenvalue weighted by molar-refractivity contribution is -0.146. The summed E-state index contributed by atoms with van der Waals surface area (Å²) >= 11 is 0. The highest BCUT2D eigenvalue weighted by Crippen LogP contribution is 2.21. The summed E-state index contributed by atoms with van der Waals surface area (Å²) in [4.78, 5) is 25.4. The molecule has 1 aromatic carbocycles. The fourth-order valence-corrected chi connectivity index (χ4v) is 3.23. The van der Waals surface area contributed by atoms with Gasteiger partial charge in [0.1, 0.15) is 0 Å². The first-order chi connectivity index (χ1) is 10.1. The number of rotatable bonds is 2. The summed E-state index contributed by atoms with van der Waals surface area (Å²) in [5.74, 6) is -1.18. The highest BCUT2D eigenvalue weighted by molar-refractivity contribution is 5.83. The molecule has 2 N–H and O–H groups in total. The smallest absolute Gasteiger partial charge is 0.308 e. The lowest BCUT2D eigenvalue weighted by atomic mass is 9.93. The molecule has 0 saturated carbocycles. The van der Waals surface area contributed by atoms with Crippen molar-refractivity contribution in [1.29, 1.82) is 0 Å². The van der Waals surface area contributed by atoms with Gasteiger partial charge < -0.3 is 15.3 Å². The zero-order valence-electron chi connectivity index (χ0n) is 11.9. The minimum Gasteiger partial charge on any atom is -0.481 e. The van der Waals surface area contributed by atoms with Crippen LogP contribution < -0.4 is 5.32 Å². The van der Waals surface area contributed by atoms with Gasteiger partial charge in [0.05, 0.1) is 12.0 Å². The molecule has 1 amide bonds. The van der Waals surface area contributed by atoms with Crippen molar-refractivity contribution in [2.45, 2.75) is 31.8 Å². The summed E-state index contributed by atoms with van der Waals surface area (Å²) in [6.45, 7) is 1.71. The van der Waals surface area contributed by atoms with Crippen LogP contribution in [-0.2, 0) is 22.6 Å². The number of hydrogen-bond donors (Lipinski definition) is 2. The molecule has 2 aliphatic rings. The second-order valence-electron chi connectivity index (χ2n) is 5.87. The molecule has 2 aliphatic heterocycles. The van der Waals surface area contributed by atoms with Crippen LogP contribution in [0.3, 0.4) is 0 Å². The van der Waals surface area contributed by atoms with Gasteiger partial charge in [0, 0.05) is 19.6 Å². The Kier molecular flexibility index (Phi) is 3.92. The third kappa shape index (κ3) is 2.93. The molecule has 2 heterocycles. The Labute approximate surface area is 123 Å². The van der Waals surface area contributed by atoms with Gasteiger partial charge >= 0.3 is 5.97 Å². The van der Waals surface area contributed by atoms with E-state index >= 15 is 0 Å². The lowest BCUT2D eigenvalue weighted by Crippen LogP contribution is -2.52. The number of likely N-dealkylation sites (tertiary alicyclic amines) is 1. The number of aliphatic carboxylic acids is 1. The fraction of sp³-hybridized carbons (Fsp3) is 0.500. The summed E-state index contributed by atoms with van der Waals surface area (Å²) in [7, 11) is 0. The summed E-state index contributed by atoms with van der Waals surface area (Å²) in [5, 5.41) is 12.4. The molecule has 0 bridgehead atoms. The normalized spacial score (nSPS) is 25.2. The van der Waals surface area contributed by atoms with E-state index in [9.17, 15) is 9.59 Å². The number of piperidine rings is 1. The van der Waals surface area contributed by atoms with Crippen molar-refractivity contribution in [2.75, 3.05) is 13.1 Å². The number of nitrogens with one attached hydrogen (secondary N) is 1. The van der Waals surface area contributed by atoms with E-state index in [0.717, 1.165) is 6.42 Å². The topological polar surface area (TPSA) is 69.6 Å². The molecule has 0 aromatic heterocycles. The van der Waals surface area contributed by atoms with Crippen LogP contribution in [0.1, 0.15) is 24.0 Å². The van der Waals surface area contributed by atoms with Gasteiger partial charge in [-0.3, -0.25) is 9.59 Å². The second kappa shape index (κ2) is 5.85. The van der Waals surface area contributed by atoms with Crippen LogP contribution in [0.2, 0.25) is 0 Å². The molecule has 1 saturated heterocycles. The average molecular weight is 288 g/mol. The van der Waals surface area contributed by atoms with Crippen molar-refractivity contribution in [3.8, 4) is 0 Å². The van der Waals surface area contributed by atoms with E-state index in [4.69, 9.17) is 5.11 Å². The minimum absolute atomic E-state index is 0.0375. The van der Waals surface area contributed by atoms with Crippen LogP contribution in [0.4, 0.5) is 0 Å². The molecule has 21 heavy (non-hydrogen) atoms. The van der Waals surface area contributed by atoms with Crippen LogP contribution in [-0.4, -0.2) is 41.0 Å².